The number of nitrogens with two attached hydrogens (primary N) is 1. The zero-order valence-corrected chi connectivity index (χ0v) is 10.1. The highest BCUT2D eigenvalue weighted by molar-refractivity contribution is 5.25. The molecule has 0 bridgehead atoms. The van der Waals surface area contributed by atoms with E-state index in [2.05, 4.69) is 41.2 Å². The lowest BCUT2D eigenvalue weighted by molar-refractivity contribution is 0.866. The third-order valence-corrected chi connectivity index (χ3v) is 2.61. The molecule has 17 heavy (non-hydrogen) atoms. The van der Waals surface area contributed by atoms with Crippen molar-refractivity contribution in [3.05, 3.63) is 59.2 Å². The van der Waals surface area contributed by atoms with Gasteiger partial charge in [0.1, 0.15) is 5.82 Å². The molecule has 0 saturated heterocycles. The first kappa shape index (κ1) is 11.7. The van der Waals surface area contributed by atoms with Gasteiger partial charge in [0.15, 0.2) is 0 Å². The Kier molecular flexibility index (Phi) is 3.83. The van der Waals surface area contributed by atoms with Crippen LogP contribution in [0.2, 0.25) is 0 Å². The summed E-state index contributed by atoms with van der Waals surface area (Å²) in [5.74, 6) is 0.863. The van der Waals surface area contributed by atoms with Crippen molar-refractivity contribution in [2.45, 2.75) is 19.8 Å². The molecular weight excluding hydrogens is 210 g/mol. The Morgan fingerprint density at radius 2 is 2.12 bits per heavy atom. The summed E-state index contributed by atoms with van der Waals surface area (Å²) in [4.78, 5) is 8.79. The lowest BCUT2D eigenvalue weighted by Crippen LogP contribution is -2.06. The fourth-order valence-corrected chi connectivity index (χ4v) is 1.82. The topological polar surface area (TPSA) is 51.8 Å². The summed E-state index contributed by atoms with van der Waals surface area (Å²) in [7, 11) is 0. The maximum absolute atomic E-state index is 5.52. The molecule has 0 atom stereocenters. The van der Waals surface area contributed by atoms with Crippen LogP contribution in [0.25, 0.3) is 0 Å². The third-order valence-electron chi connectivity index (χ3n) is 2.61. The van der Waals surface area contributed by atoms with E-state index in [-0.39, 0.29) is 0 Å². The van der Waals surface area contributed by atoms with Crippen molar-refractivity contribution in [2.75, 3.05) is 6.54 Å². The van der Waals surface area contributed by atoms with Gasteiger partial charge in [0.2, 0.25) is 0 Å². The van der Waals surface area contributed by atoms with E-state index in [1.54, 1.807) is 0 Å². The molecule has 2 aromatic rings. The summed E-state index contributed by atoms with van der Waals surface area (Å²) in [6.07, 6.45) is 3.40. The van der Waals surface area contributed by atoms with Crippen LogP contribution < -0.4 is 5.73 Å². The molecule has 0 fully saturated rings. The van der Waals surface area contributed by atoms with Crippen LogP contribution in [0.4, 0.5) is 0 Å². The number of hydrogen-bond donors (Lipinski definition) is 1. The molecular formula is C14H17N3. The normalized spacial score (nSPS) is 10.5. The molecule has 2 N–H and O–H groups in total. The minimum Gasteiger partial charge on any atom is -0.330 e. The van der Waals surface area contributed by atoms with Gasteiger partial charge >= 0.3 is 0 Å². The lowest BCUT2D eigenvalue weighted by Gasteiger charge is -2.04. The van der Waals surface area contributed by atoms with E-state index in [9.17, 15) is 0 Å². The largest absolute Gasteiger partial charge is 0.330 e. The van der Waals surface area contributed by atoms with E-state index in [0.29, 0.717) is 6.54 Å². The molecule has 88 valence electrons. The molecule has 0 aliphatic carbocycles. The van der Waals surface area contributed by atoms with E-state index < -0.39 is 0 Å². The Morgan fingerprint density at radius 3 is 2.88 bits per heavy atom. The Morgan fingerprint density at radius 1 is 1.24 bits per heavy atom. The summed E-state index contributed by atoms with van der Waals surface area (Å²) in [6.45, 7) is 2.72. The maximum Gasteiger partial charge on any atom is 0.132 e. The van der Waals surface area contributed by atoms with E-state index >= 15 is 0 Å². The van der Waals surface area contributed by atoms with Gasteiger partial charge in [-0.2, -0.15) is 0 Å². The van der Waals surface area contributed by atoms with Crippen LogP contribution in [0, 0.1) is 6.92 Å². The van der Waals surface area contributed by atoms with Gasteiger partial charge in [0, 0.05) is 24.7 Å². The molecule has 1 heterocycles. The highest BCUT2D eigenvalue weighted by Crippen LogP contribution is 2.08. The van der Waals surface area contributed by atoms with Gasteiger partial charge in [-0.05, 0) is 25.1 Å². The summed E-state index contributed by atoms with van der Waals surface area (Å²) in [5, 5.41) is 0. The lowest BCUT2D eigenvalue weighted by atomic mass is 10.1. The molecule has 1 aromatic carbocycles. The Hall–Kier alpha value is -1.74. The van der Waals surface area contributed by atoms with Gasteiger partial charge in [0.05, 0.1) is 0 Å². The van der Waals surface area contributed by atoms with E-state index in [4.69, 9.17) is 5.73 Å². The van der Waals surface area contributed by atoms with Gasteiger partial charge in [-0.3, -0.25) is 0 Å². The molecule has 1 aromatic heterocycles. The third kappa shape index (κ3) is 3.36. The molecule has 3 nitrogen and oxygen atoms in total. The number of hydrogen-bond acceptors (Lipinski definition) is 3. The van der Waals surface area contributed by atoms with E-state index in [1.165, 1.54) is 11.1 Å². The quantitative estimate of drug-likeness (QED) is 0.867. The van der Waals surface area contributed by atoms with E-state index in [0.717, 1.165) is 24.4 Å². The number of aryl methyl sites for hydroxylation is 1. The maximum atomic E-state index is 5.52. The van der Waals surface area contributed by atoms with Gasteiger partial charge in [-0.25, -0.2) is 9.97 Å². The first-order valence-corrected chi connectivity index (χ1v) is 5.84. The van der Waals surface area contributed by atoms with Gasteiger partial charge in [-0.1, -0.05) is 29.8 Å². The summed E-state index contributed by atoms with van der Waals surface area (Å²) in [6, 6.07) is 10.3. The van der Waals surface area contributed by atoms with Crippen molar-refractivity contribution in [1.82, 2.24) is 9.97 Å². The molecule has 3 heteroatoms. The summed E-state index contributed by atoms with van der Waals surface area (Å²) >= 11 is 0. The zero-order valence-electron chi connectivity index (χ0n) is 10.1. The summed E-state index contributed by atoms with van der Waals surface area (Å²) < 4.78 is 0. The minimum atomic E-state index is 0.626. The SMILES string of the molecule is Cc1cccc(Cc2nccc(CCN)n2)c1. The van der Waals surface area contributed by atoms with Crippen molar-refractivity contribution >= 4 is 0 Å². The molecule has 0 radical (unpaired) electrons. The molecule has 0 aliphatic rings. The molecule has 0 unspecified atom stereocenters. The van der Waals surface area contributed by atoms with Crippen LogP contribution in [0.3, 0.4) is 0 Å². The predicted octanol–water partition coefficient (Wildman–Crippen LogP) is 1.88. The predicted molar refractivity (Wildman–Crippen MR) is 68.8 cm³/mol. The molecule has 2 rings (SSSR count). The van der Waals surface area contributed by atoms with Crippen LogP contribution in [-0.4, -0.2) is 16.5 Å². The standard InChI is InChI=1S/C14H17N3/c1-11-3-2-4-12(9-11)10-14-16-8-6-13(17-14)5-7-15/h2-4,6,8-9H,5,7,10,15H2,1H3. The van der Waals surface area contributed by atoms with Crippen molar-refractivity contribution in [3.63, 3.8) is 0 Å². The number of nitrogens with zero attached hydrogens (tertiary/aromatic N) is 2. The highest BCUT2D eigenvalue weighted by atomic mass is 14.9. The second-order valence-corrected chi connectivity index (χ2v) is 4.17. The monoisotopic (exact) mass is 227 g/mol. The van der Waals surface area contributed by atoms with Crippen LogP contribution in [0.15, 0.2) is 36.5 Å². The van der Waals surface area contributed by atoms with Gasteiger partial charge < -0.3 is 5.73 Å². The van der Waals surface area contributed by atoms with Crippen LogP contribution in [0.1, 0.15) is 22.6 Å². The first-order valence-electron chi connectivity index (χ1n) is 5.84. The van der Waals surface area contributed by atoms with Gasteiger partial charge in [-0.15, -0.1) is 0 Å². The highest BCUT2D eigenvalue weighted by Gasteiger charge is 2.01. The molecule has 0 amide bonds. The summed E-state index contributed by atoms with van der Waals surface area (Å²) in [5.41, 5.74) is 9.05. The second-order valence-electron chi connectivity index (χ2n) is 4.17. The Balaban J connectivity index is 2.15. The number of aromatic nitrogens is 2. The van der Waals surface area contributed by atoms with Gasteiger partial charge in [0.25, 0.3) is 0 Å². The molecule has 0 spiro atoms. The Bertz CT molecular complexity index is 494. The molecule has 0 aliphatic heterocycles. The average Bonchev–Trinajstić information content (AvgIpc) is 2.30. The number of benzene rings is 1. The molecule has 0 saturated carbocycles. The van der Waals surface area contributed by atoms with Crippen molar-refractivity contribution in [2.24, 2.45) is 5.73 Å². The van der Waals surface area contributed by atoms with Crippen molar-refractivity contribution in [1.29, 1.82) is 0 Å². The van der Waals surface area contributed by atoms with E-state index in [1.807, 2.05) is 12.3 Å². The zero-order chi connectivity index (χ0) is 12.1. The Labute approximate surface area is 102 Å². The fourth-order valence-electron chi connectivity index (χ4n) is 1.82. The first-order chi connectivity index (χ1) is 8.28. The van der Waals surface area contributed by atoms with Crippen molar-refractivity contribution < 1.29 is 0 Å². The number of rotatable bonds is 4. The van der Waals surface area contributed by atoms with Crippen LogP contribution >= 0.6 is 0 Å². The fraction of sp³-hybridized carbons (Fsp3) is 0.286. The second kappa shape index (κ2) is 5.55. The van der Waals surface area contributed by atoms with Crippen LogP contribution in [0.5, 0.6) is 0 Å². The van der Waals surface area contributed by atoms with Crippen molar-refractivity contribution in [3.8, 4) is 0 Å². The average molecular weight is 227 g/mol. The van der Waals surface area contributed by atoms with Crippen LogP contribution in [-0.2, 0) is 12.8 Å². The smallest absolute Gasteiger partial charge is 0.132 e. The minimum absolute atomic E-state index is 0.626.